The van der Waals surface area contributed by atoms with Gasteiger partial charge in [0.1, 0.15) is 5.52 Å². The van der Waals surface area contributed by atoms with E-state index in [9.17, 15) is 19.2 Å². The number of Topliss-reactive ketones (excluding diaryl/α,β-unsaturated/α-hetero) is 2. The van der Waals surface area contributed by atoms with Crippen molar-refractivity contribution in [2.24, 2.45) is 11.3 Å². The SMILES string of the molecule is CCCC(=O)c1ccc(C[C@@H](C(=O)Nc2ccc(-c3ccc(C)cc3C)cc2)c2ccc(C3CCC(C(C)(C)C)CC3)cc2)cc1.CCCC(=O)c1ccc(C[C@@H](C(=O)Nc2ccc(-c3nc4c(C)cccc4o3)cc2)c2ccc(-c3ccc(C(C)(C)C)cc3)cc2)cc1.O=S(=O)=O.O=S(=O)=O. The zero-order valence-electron chi connectivity index (χ0n) is 60.3. The van der Waals surface area contributed by atoms with E-state index in [1.165, 1.54) is 53.5 Å². The first-order valence-corrected chi connectivity index (χ1v) is 36.9. The minimum absolute atomic E-state index is 0.0242. The quantitative estimate of drug-likeness (QED) is 0.0681. The molecule has 11 rings (SSSR count). The van der Waals surface area contributed by atoms with Gasteiger partial charge in [-0.1, -0.05) is 225 Å². The number of amides is 2. The van der Waals surface area contributed by atoms with Crippen LogP contribution in [0.3, 0.4) is 0 Å². The summed E-state index contributed by atoms with van der Waals surface area (Å²) in [6.45, 7) is 24.0. The number of oxazole rings is 1. The molecule has 1 heterocycles. The molecular formula is C86H93N3O11S2. The normalized spacial score (nSPS) is 14.0. The summed E-state index contributed by atoms with van der Waals surface area (Å²) in [6.07, 6.45) is 8.80. The van der Waals surface area contributed by atoms with E-state index in [-0.39, 0.29) is 34.7 Å². The Hall–Kier alpha value is -10.0. The molecular weight excluding hydrogens is 1320 g/mol. The molecule has 1 saturated carbocycles. The van der Waals surface area contributed by atoms with Gasteiger partial charge in [-0.25, -0.2) is 4.98 Å². The van der Waals surface area contributed by atoms with Crippen LogP contribution >= 0.6 is 0 Å². The highest BCUT2D eigenvalue weighted by Crippen LogP contribution is 2.44. The van der Waals surface area contributed by atoms with Crippen molar-refractivity contribution < 1.29 is 48.8 Å². The fraction of sp³-hybridized carbons (Fsp3) is 0.314. The number of hydrogen-bond acceptors (Lipinski definition) is 12. The van der Waals surface area contributed by atoms with Crippen molar-refractivity contribution in [1.82, 2.24) is 4.98 Å². The summed E-state index contributed by atoms with van der Waals surface area (Å²) < 4.78 is 56.7. The number of carbonyl (C=O) groups is 4. The first kappa shape index (κ1) is 77.7. The summed E-state index contributed by atoms with van der Waals surface area (Å²) in [4.78, 5) is 57.5. The Morgan fingerprint density at radius 3 is 1.34 bits per heavy atom. The molecule has 2 N–H and O–H groups in total. The van der Waals surface area contributed by atoms with Crippen LogP contribution in [0.25, 0.3) is 44.8 Å². The first-order valence-electron chi connectivity index (χ1n) is 34.9. The minimum Gasteiger partial charge on any atom is -0.436 e. The monoisotopic (exact) mass is 1410 g/mol. The molecule has 0 spiro atoms. The van der Waals surface area contributed by atoms with E-state index in [4.69, 9.17) is 29.7 Å². The maximum atomic E-state index is 14.0. The number of aryl methyl sites for hydroxylation is 3. The number of aromatic nitrogens is 1. The second-order valence-corrected chi connectivity index (χ2v) is 29.4. The van der Waals surface area contributed by atoms with Crippen LogP contribution in [0, 0.1) is 32.1 Å². The smallest absolute Gasteiger partial charge is 0.425 e. The van der Waals surface area contributed by atoms with Gasteiger partial charge in [0, 0.05) is 40.9 Å². The standard InChI is InChI=1S/C43H42N2O3.C43H51NO2.2O3S/c1-6-8-38(46)33-13-11-29(12-14-33)27-37(32-17-15-30(16-18-32)31-19-23-35(24-20-31)43(3,4)5)41(47)44-36-25-21-34(22-26-36)42-45-40-28(2)9-7-10-39(40)48-42;1-7-8-41(45)36-12-10-31(11-13-36)28-40(35-16-14-32(15-17-35)33-18-22-37(23-19-33)43(4,5)6)42(46)44-38-24-20-34(21-25-38)39-26-9-29(2)27-30(39)3;2*1-4(2)3/h7,9-26,37H,6,8,27H2,1-5H3,(H,44,47);9-17,20-21,24-27,33,37,40H,7-8,18-19,22-23,28H2,1-6H3,(H,44,46);;/t37-;33?,37?,40-;;/m11../s1. The Balaban J connectivity index is 0.000000234. The Bertz CT molecular complexity index is 4680. The highest BCUT2D eigenvalue weighted by atomic mass is 32.2. The summed E-state index contributed by atoms with van der Waals surface area (Å²) in [7, 11) is -6.22. The second-order valence-electron chi connectivity index (χ2n) is 28.6. The molecule has 0 radical (unpaired) electrons. The average Bonchev–Trinajstić information content (AvgIpc) is 1.50. The van der Waals surface area contributed by atoms with Gasteiger partial charge < -0.3 is 15.1 Å². The topological polar surface area (TPSA) is 221 Å². The van der Waals surface area contributed by atoms with Crippen molar-refractivity contribution in [3.05, 3.63) is 267 Å². The van der Waals surface area contributed by atoms with Crippen molar-refractivity contribution in [2.75, 3.05) is 10.6 Å². The van der Waals surface area contributed by atoms with Crippen LogP contribution in [0.5, 0.6) is 0 Å². The average molecular weight is 1410 g/mol. The number of benzene rings is 9. The molecule has 102 heavy (non-hydrogen) atoms. The fourth-order valence-corrected chi connectivity index (χ4v) is 13.2. The van der Waals surface area contributed by atoms with Crippen LogP contribution in [-0.4, -0.2) is 53.6 Å². The van der Waals surface area contributed by atoms with Gasteiger partial charge in [-0.2, -0.15) is 0 Å². The van der Waals surface area contributed by atoms with Crippen LogP contribution in [-0.2, 0) is 49.1 Å². The molecule has 10 aromatic rings. The molecule has 0 aliphatic heterocycles. The van der Waals surface area contributed by atoms with E-state index in [1.807, 2.05) is 124 Å². The lowest BCUT2D eigenvalue weighted by atomic mass is 9.68. The molecule has 0 saturated heterocycles. The number of carbonyl (C=O) groups excluding carboxylic acids is 4. The largest absolute Gasteiger partial charge is 0.436 e. The first-order chi connectivity index (χ1) is 48.6. The summed E-state index contributed by atoms with van der Waals surface area (Å²) in [6, 6.07) is 69.4. The maximum absolute atomic E-state index is 14.0. The molecule has 0 bridgehead atoms. The van der Waals surface area contributed by atoms with Gasteiger partial charge in [-0.15, -0.1) is 25.3 Å². The molecule has 14 nitrogen and oxygen atoms in total. The molecule has 530 valence electrons. The summed E-state index contributed by atoms with van der Waals surface area (Å²) in [5.41, 5.74) is 20.6. The number of anilines is 2. The Kier molecular flexibility index (Phi) is 27.4. The van der Waals surface area contributed by atoms with E-state index in [2.05, 4.69) is 174 Å². The Morgan fingerprint density at radius 1 is 0.490 bits per heavy atom. The lowest BCUT2D eigenvalue weighted by Crippen LogP contribution is -2.25. The number of rotatable bonds is 20. The van der Waals surface area contributed by atoms with Crippen LogP contribution in [0.15, 0.2) is 211 Å². The molecule has 9 aromatic carbocycles. The van der Waals surface area contributed by atoms with Crippen molar-refractivity contribution in [1.29, 1.82) is 0 Å². The van der Waals surface area contributed by atoms with Crippen molar-refractivity contribution in [2.45, 2.75) is 164 Å². The number of hydrogen-bond donors (Lipinski definition) is 2. The highest BCUT2D eigenvalue weighted by Gasteiger charge is 2.31. The van der Waals surface area contributed by atoms with Gasteiger partial charge in [-0.05, 0) is 204 Å². The van der Waals surface area contributed by atoms with Crippen molar-refractivity contribution in [3.8, 4) is 33.7 Å². The number of para-hydroxylation sites is 1. The van der Waals surface area contributed by atoms with E-state index in [0.717, 1.165) is 91.2 Å². The lowest BCUT2D eigenvalue weighted by molar-refractivity contribution is -0.118. The fourth-order valence-electron chi connectivity index (χ4n) is 13.2. The molecule has 1 aromatic heterocycles. The van der Waals surface area contributed by atoms with Crippen LogP contribution < -0.4 is 10.6 Å². The number of nitrogens with one attached hydrogen (secondary N) is 2. The Morgan fingerprint density at radius 2 is 0.922 bits per heavy atom. The van der Waals surface area contributed by atoms with Crippen LogP contribution in [0.4, 0.5) is 11.4 Å². The van der Waals surface area contributed by atoms with E-state index < -0.39 is 27.1 Å². The minimum atomic E-state index is -3.11. The third-order valence-corrected chi connectivity index (χ3v) is 19.0. The molecule has 16 heteroatoms. The number of fused-ring (bicyclic) bond motifs is 1. The predicted molar refractivity (Wildman–Crippen MR) is 408 cm³/mol. The second kappa shape index (κ2) is 36.0. The molecule has 2 atom stereocenters. The molecule has 0 unspecified atom stereocenters. The number of ketones is 2. The van der Waals surface area contributed by atoms with E-state index in [1.54, 1.807) is 0 Å². The van der Waals surface area contributed by atoms with Gasteiger partial charge in [0.2, 0.25) is 17.7 Å². The van der Waals surface area contributed by atoms with Crippen molar-refractivity contribution in [3.63, 3.8) is 0 Å². The van der Waals surface area contributed by atoms with Crippen LogP contribution in [0.1, 0.15) is 195 Å². The summed E-state index contributed by atoms with van der Waals surface area (Å²) in [5.74, 6) is 1.29. The third-order valence-electron chi connectivity index (χ3n) is 19.0. The number of nitrogens with zero attached hydrogens (tertiary/aromatic N) is 1. The Labute approximate surface area is 604 Å². The molecule has 2 amide bonds. The van der Waals surface area contributed by atoms with E-state index in [0.29, 0.717) is 54.2 Å². The van der Waals surface area contributed by atoms with E-state index >= 15 is 0 Å². The third kappa shape index (κ3) is 22.2. The summed E-state index contributed by atoms with van der Waals surface area (Å²) >= 11 is 0. The highest BCUT2D eigenvalue weighted by molar-refractivity contribution is 7.59. The van der Waals surface area contributed by atoms with Gasteiger partial charge in [0.05, 0.1) is 11.8 Å². The molecule has 1 fully saturated rings. The zero-order chi connectivity index (χ0) is 73.8. The zero-order valence-corrected chi connectivity index (χ0v) is 61.9. The van der Waals surface area contributed by atoms with Gasteiger partial charge in [0.25, 0.3) is 0 Å². The maximum Gasteiger partial charge on any atom is 0.425 e. The summed E-state index contributed by atoms with van der Waals surface area (Å²) in [5, 5.41) is 6.36. The van der Waals surface area contributed by atoms with Gasteiger partial charge in [-0.3, -0.25) is 19.2 Å². The van der Waals surface area contributed by atoms with Crippen LogP contribution in [0.2, 0.25) is 0 Å². The molecule has 1 aliphatic rings. The van der Waals surface area contributed by atoms with Gasteiger partial charge >= 0.3 is 21.2 Å². The van der Waals surface area contributed by atoms with Gasteiger partial charge in [0.15, 0.2) is 17.1 Å². The molecule has 1 aliphatic carbocycles. The van der Waals surface area contributed by atoms with Crippen molar-refractivity contribution >= 4 is 67.1 Å². The predicted octanol–water partition coefficient (Wildman–Crippen LogP) is 19.9. The lowest BCUT2D eigenvalue weighted by Gasteiger charge is -2.37.